The van der Waals surface area contributed by atoms with Crippen LogP contribution in [0.3, 0.4) is 0 Å². The molecule has 2 saturated heterocycles. The van der Waals surface area contributed by atoms with E-state index in [1.807, 2.05) is 6.92 Å². The van der Waals surface area contributed by atoms with E-state index in [4.69, 9.17) is 5.73 Å². The van der Waals surface area contributed by atoms with Crippen molar-refractivity contribution in [3.63, 3.8) is 0 Å². The molecule has 6 nitrogen and oxygen atoms in total. The van der Waals surface area contributed by atoms with Gasteiger partial charge in [-0.1, -0.05) is 0 Å². The summed E-state index contributed by atoms with van der Waals surface area (Å²) in [6.45, 7) is 3.89. The molecule has 17 heavy (non-hydrogen) atoms. The van der Waals surface area contributed by atoms with Gasteiger partial charge in [0.2, 0.25) is 11.8 Å². The Balaban J connectivity index is 2.23. The van der Waals surface area contributed by atoms with Crippen LogP contribution in [0.4, 0.5) is 0 Å². The van der Waals surface area contributed by atoms with Crippen LogP contribution < -0.4 is 11.1 Å². The predicted octanol–water partition coefficient (Wildman–Crippen LogP) is -1.43. The second kappa shape index (κ2) is 3.96. The third kappa shape index (κ3) is 1.63. The van der Waals surface area contributed by atoms with Crippen LogP contribution in [-0.4, -0.2) is 52.1 Å². The van der Waals surface area contributed by atoms with E-state index in [0.717, 1.165) is 6.42 Å². The molecule has 4 N–H and O–H groups in total. The van der Waals surface area contributed by atoms with Crippen LogP contribution in [0.25, 0.3) is 0 Å². The molecular formula is C11H19N3O3. The summed E-state index contributed by atoms with van der Waals surface area (Å²) in [6.07, 6.45) is 0.569. The molecule has 2 rings (SSSR count). The van der Waals surface area contributed by atoms with E-state index >= 15 is 0 Å². The fraction of sp³-hybridized carbons (Fsp3) is 0.818. The number of nitrogens with zero attached hydrogens (tertiary/aromatic N) is 1. The monoisotopic (exact) mass is 241 g/mol. The molecule has 2 amide bonds. The van der Waals surface area contributed by atoms with E-state index in [2.05, 4.69) is 5.32 Å². The Morgan fingerprint density at radius 1 is 1.71 bits per heavy atom. The van der Waals surface area contributed by atoms with Crippen LogP contribution in [0.5, 0.6) is 0 Å². The number of likely N-dealkylation sites (tertiary alicyclic amines) is 1. The van der Waals surface area contributed by atoms with E-state index in [1.165, 1.54) is 6.92 Å². The molecule has 0 radical (unpaired) electrons. The summed E-state index contributed by atoms with van der Waals surface area (Å²) in [6, 6.07) is -0.959. The maximum atomic E-state index is 12.2. The van der Waals surface area contributed by atoms with Gasteiger partial charge in [0.05, 0.1) is 12.6 Å². The molecule has 1 spiro atoms. The number of β-lactam (4-membered cyclic amide) rings is 1. The maximum Gasteiger partial charge on any atom is 0.247 e. The number of amides is 2. The predicted molar refractivity (Wildman–Crippen MR) is 60.9 cm³/mol. The minimum absolute atomic E-state index is 0.00153. The minimum Gasteiger partial charge on any atom is -0.391 e. The average Bonchev–Trinajstić information content (AvgIpc) is 2.65. The lowest BCUT2D eigenvalue weighted by molar-refractivity contribution is -0.155. The third-order valence-corrected chi connectivity index (χ3v) is 3.88. The zero-order valence-electron chi connectivity index (χ0n) is 10.1. The van der Waals surface area contributed by atoms with Crippen molar-refractivity contribution in [1.82, 2.24) is 10.2 Å². The molecule has 0 aromatic rings. The molecule has 0 aromatic heterocycles. The Hall–Kier alpha value is -1.14. The van der Waals surface area contributed by atoms with E-state index in [-0.39, 0.29) is 17.9 Å². The third-order valence-electron chi connectivity index (χ3n) is 3.88. The normalized spacial score (nSPS) is 35.4. The van der Waals surface area contributed by atoms with Gasteiger partial charge in [-0.15, -0.1) is 0 Å². The number of carbonyl (C=O) groups excluding carboxylic acids is 2. The lowest BCUT2D eigenvalue weighted by Gasteiger charge is -2.46. The Morgan fingerprint density at radius 2 is 2.35 bits per heavy atom. The van der Waals surface area contributed by atoms with Crippen molar-refractivity contribution in [1.29, 1.82) is 0 Å². The van der Waals surface area contributed by atoms with Gasteiger partial charge in [0.15, 0.2) is 0 Å². The van der Waals surface area contributed by atoms with Gasteiger partial charge in [0.1, 0.15) is 11.6 Å². The second-order valence-electron chi connectivity index (χ2n) is 5.08. The van der Waals surface area contributed by atoms with Crippen LogP contribution >= 0.6 is 0 Å². The molecule has 0 bridgehead atoms. The Morgan fingerprint density at radius 3 is 2.76 bits per heavy atom. The summed E-state index contributed by atoms with van der Waals surface area (Å²) in [5.41, 5.74) is 4.97. The summed E-state index contributed by atoms with van der Waals surface area (Å²) in [7, 11) is 0. The zero-order chi connectivity index (χ0) is 12.8. The fourth-order valence-corrected chi connectivity index (χ4v) is 2.68. The Bertz CT molecular complexity index is 358. The summed E-state index contributed by atoms with van der Waals surface area (Å²) in [5.74, 6) is -0.437. The number of aliphatic hydroxyl groups excluding tert-OH is 1. The fourth-order valence-electron chi connectivity index (χ4n) is 2.68. The first-order valence-electron chi connectivity index (χ1n) is 5.95. The highest BCUT2D eigenvalue weighted by atomic mass is 16.3. The highest BCUT2D eigenvalue weighted by Gasteiger charge is 2.58. The first-order chi connectivity index (χ1) is 7.90. The standard InChI is InChI=1S/C11H19N3O3/c1-6-3-4-11(5-13-10(11)17)14(6)9(16)8(12)7(2)15/h6-8,15H,3-5,12H2,1-2H3,(H,13,17)/t6?,7-,8-,11?/m0/s1. The van der Waals surface area contributed by atoms with Crippen LogP contribution in [0.15, 0.2) is 0 Å². The van der Waals surface area contributed by atoms with Crippen molar-refractivity contribution in [2.45, 2.75) is 50.4 Å². The van der Waals surface area contributed by atoms with Gasteiger partial charge in [-0.3, -0.25) is 9.59 Å². The Kier molecular flexibility index (Phi) is 2.87. The van der Waals surface area contributed by atoms with Gasteiger partial charge < -0.3 is 21.1 Å². The first-order valence-corrected chi connectivity index (χ1v) is 5.95. The molecular weight excluding hydrogens is 222 g/mol. The quantitative estimate of drug-likeness (QED) is 0.517. The zero-order valence-corrected chi connectivity index (χ0v) is 10.1. The second-order valence-corrected chi connectivity index (χ2v) is 5.08. The van der Waals surface area contributed by atoms with Gasteiger partial charge >= 0.3 is 0 Å². The number of rotatable bonds is 2. The summed E-state index contributed by atoms with van der Waals surface area (Å²) >= 11 is 0. The molecule has 2 heterocycles. The topological polar surface area (TPSA) is 95.7 Å². The van der Waals surface area contributed by atoms with E-state index in [9.17, 15) is 14.7 Å². The maximum absolute atomic E-state index is 12.2. The largest absolute Gasteiger partial charge is 0.391 e. The lowest BCUT2D eigenvalue weighted by Crippen LogP contribution is -2.74. The van der Waals surface area contributed by atoms with Gasteiger partial charge in [-0.25, -0.2) is 0 Å². The van der Waals surface area contributed by atoms with Crippen molar-refractivity contribution in [2.75, 3.05) is 6.54 Å². The number of nitrogens with one attached hydrogen (secondary N) is 1. The molecule has 2 fully saturated rings. The van der Waals surface area contributed by atoms with Crippen molar-refractivity contribution in [3.8, 4) is 0 Å². The molecule has 0 aromatic carbocycles. The van der Waals surface area contributed by atoms with Crippen molar-refractivity contribution < 1.29 is 14.7 Å². The van der Waals surface area contributed by atoms with Gasteiger partial charge in [-0.2, -0.15) is 0 Å². The SMILES string of the molecule is CC1CCC2(CNC2=O)N1C(=O)[C@@H](N)[C@H](C)O. The lowest BCUT2D eigenvalue weighted by atomic mass is 9.87. The van der Waals surface area contributed by atoms with Crippen LogP contribution in [0.1, 0.15) is 26.7 Å². The van der Waals surface area contributed by atoms with E-state index in [1.54, 1.807) is 4.90 Å². The molecule has 0 aliphatic carbocycles. The highest BCUT2D eigenvalue weighted by Crippen LogP contribution is 2.38. The number of hydrogen-bond donors (Lipinski definition) is 3. The molecule has 6 heteroatoms. The summed E-state index contributed by atoms with van der Waals surface area (Å²) in [4.78, 5) is 25.5. The van der Waals surface area contributed by atoms with E-state index in [0.29, 0.717) is 13.0 Å². The molecule has 2 aliphatic heterocycles. The average molecular weight is 241 g/mol. The van der Waals surface area contributed by atoms with Crippen molar-refractivity contribution in [2.24, 2.45) is 5.73 Å². The van der Waals surface area contributed by atoms with Crippen LogP contribution in [-0.2, 0) is 9.59 Å². The first kappa shape index (κ1) is 12.3. The Labute approximate surface area is 100 Å². The molecule has 2 unspecified atom stereocenters. The van der Waals surface area contributed by atoms with Crippen LogP contribution in [0, 0.1) is 0 Å². The number of aliphatic hydroxyl groups is 1. The summed E-state index contributed by atoms with van der Waals surface area (Å²) < 4.78 is 0. The number of hydrogen-bond acceptors (Lipinski definition) is 4. The summed E-state index contributed by atoms with van der Waals surface area (Å²) in [5, 5.41) is 12.1. The van der Waals surface area contributed by atoms with E-state index < -0.39 is 17.7 Å². The van der Waals surface area contributed by atoms with Crippen molar-refractivity contribution in [3.05, 3.63) is 0 Å². The molecule has 0 saturated carbocycles. The van der Waals surface area contributed by atoms with Gasteiger partial charge in [0, 0.05) is 6.04 Å². The van der Waals surface area contributed by atoms with Gasteiger partial charge in [-0.05, 0) is 26.7 Å². The molecule has 4 atom stereocenters. The van der Waals surface area contributed by atoms with Gasteiger partial charge in [0.25, 0.3) is 0 Å². The molecule has 96 valence electrons. The number of nitrogens with two attached hydrogens (primary N) is 1. The number of carbonyl (C=O) groups is 2. The van der Waals surface area contributed by atoms with Crippen molar-refractivity contribution >= 4 is 11.8 Å². The highest BCUT2D eigenvalue weighted by molar-refractivity contribution is 5.98. The van der Waals surface area contributed by atoms with Crippen LogP contribution in [0.2, 0.25) is 0 Å². The smallest absolute Gasteiger partial charge is 0.247 e. The molecule has 2 aliphatic rings. The minimum atomic E-state index is -0.958.